The van der Waals surface area contributed by atoms with E-state index in [0.717, 1.165) is 5.56 Å². The van der Waals surface area contributed by atoms with Crippen LogP contribution in [0.2, 0.25) is 0 Å². The minimum Gasteiger partial charge on any atom is -0.444 e. The highest BCUT2D eigenvalue weighted by atomic mass is 16.6. The summed E-state index contributed by atoms with van der Waals surface area (Å²) in [5, 5.41) is 11.0. The van der Waals surface area contributed by atoms with Gasteiger partial charge in [-0.15, -0.1) is 0 Å². The van der Waals surface area contributed by atoms with Gasteiger partial charge in [-0.3, -0.25) is 0 Å². The van der Waals surface area contributed by atoms with Crippen LogP contribution in [-0.2, 0) is 15.1 Å². The van der Waals surface area contributed by atoms with E-state index in [1.807, 2.05) is 51.1 Å². The van der Waals surface area contributed by atoms with Crippen LogP contribution in [0.15, 0.2) is 30.3 Å². The molecule has 1 amide bonds. The molecule has 22 heavy (non-hydrogen) atoms. The van der Waals surface area contributed by atoms with Crippen molar-refractivity contribution in [3.05, 3.63) is 35.9 Å². The Morgan fingerprint density at radius 2 is 1.95 bits per heavy atom. The fourth-order valence-electron chi connectivity index (χ4n) is 2.73. The number of rotatable bonds is 2. The van der Waals surface area contributed by atoms with Gasteiger partial charge < -0.3 is 19.5 Å². The van der Waals surface area contributed by atoms with Crippen molar-refractivity contribution in [1.29, 1.82) is 0 Å². The first-order valence-electron chi connectivity index (χ1n) is 7.55. The molecule has 1 heterocycles. The van der Waals surface area contributed by atoms with Crippen LogP contribution >= 0.6 is 0 Å². The van der Waals surface area contributed by atoms with Crippen LogP contribution in [0.25, 0.3) is 0 Å². The van der Waals surface area contributed by atoms with Gasteiger partial charge in [-0.2, -0.15) is 0 Å². The molecule has 5 nitrogen and oxygen atoms in total. The first-order chi connectivity index (χ1) is 10.3. The summed E-state index contributed by atoms with van der Waals surface area (Å²) in [5.41, 5.74) is -0.813. The zero-order valence-electron chi connectivity index (χ0n) is 13.7. The first kappa shape index (κ1) is 16.8. The molecule has 122 valence electrons. The highest BCUT2D eigenvalue weighted by molar-refractivity contribution is 5.68. The lowest BCUT2D eigenvalue weighted by molar-refractivity contribution is -0.137. The third kappa shape index (κ3) is 3.59. The summed E-state index contributed by atoms with van der Waals surface area (Å²) in [6.45, 7) is 6.24. The molecule has 2 atom stereocenters. The van der Waals surface area contributed by atoms with E-state index in [0.29, 0.717) is 19.5 Å². The topological polar surface area (TPSA) is 59.0 Å². The Kier molecular flexibility index (Phi) is 4.78. The number of nitrogens with zero attached hydrogens (tertiary/aromatic N) is 1. The fourth-order valence-corrected chi connectivity index (χ4v) is 2.73. The predicted molar refractivity (Wildman–Crippen MR) is 83.6 cm³/mol. The number of likely N-dealkylation sites (tertiary alicyclic amines) is 1. The van der Waals surface area contributed by atoms with Gasteiger partial charge in [-0.05, 0) is 26.3 Å². The molecule has 5 heteroatoms. The Morgan fingerprint density at radius 1 is 1.32 bits per heavy atom. The number of carbonyl (C=O) groups is 1. The monoisotopic (exact) mass is 307 g/mol. The van der Waals surface area contributed by atoms with Gasteiger partial charge in [-0.25, -0.2) is 4.79 Å². The van der Waals surface area contributed by atoms with Crippen molar-refractivity contribution in [2.24, 2.45) is 0 Å². The number of aliphatic hydroxyl groups is 1. The molecule has 0 aliphatic carbocycles. The minimum atomic E-state index is -1.09. The number of hydrogen-bond donors (Lipinski definition) is 1. The normalized spacial score (nSPS) is 25.9. The van der Waals surface area contributed by atoms with E-state index < -0.39 is 17.3 Å². The largest absolute Gasteiger partial charge is 0.444 e. The van der Waals surface area contributed by atoms with Crippen molar-refractivity contribution in [3.63, 3.8) is 0 Å². The molecule has 1 saturated heterocycles. The summed E-state index contributed by atoms with van der Waals surface area (Å²) in [6, 6.07) is 9.45. The maximum absolute atomic E-state index is 12.2. The number of benzene rings is 1. The lowest BCUT2D eigenvalue weighted by Gasteiger charge is -2.44. The molecular formula is C17H25NO4. The second-order valence-corrected chi connectivity index (χ2v) is 6.69. The van der Waals surface area contributed by atoms with Gasteiger partial charge in [0, 0.05) is 20.1 Å². The van der Waals surface area contributed by atoms with E-state index in [4.69, 9.17) is 9.47 Å². The summed E-state index contributed by atoms with van der Waals surface area (Å²) in [4.78, 5) is 13.8. The summed E-state index contributed by atoms with van der Waals surface area (Å²) in [7, 11) is 1.55. The molecule has 1 aliphatic heterocycles. The summed E-state index contributed by atoms with van der Waals surface area (Å²) < 4.78 is 10.9. The Bertz CT molecular complexity index is 511. The molecule has 2 rings (SSSR count). The van der Waals surface area contributed by atoms with Crippen molar-refractivity contribution in [2.45, 2.75) is 44.5 Å². The second kappa shape index (κ2) is 6.26. The predicted octanol–water partition coefficient (Wildman–Crippen LogP) is 2.53. The fraction of sp³-hybridized carbons (Fsp3) is 0.588. The maximum Gasteiger partial charge on any atom is 0.410 e. The maximum atomic E-state index is 12.2. The standard InChI is InChI=1S/C17H25NO4/c1-16(2,3)22-15(19)18-11-10-17(20,14(12-18)21-4)13-8-6-5-7-9-13/h5-9,14,20H,10-12H2,1-4H3/t14-,17-/m0/s1. The van der Waals surface area contributed by atoms with Crippen LogP contribution in [0.4, 0.5) is 4.79 Å². The number of amides is 1. The molecule has 0 spiro atoms. The van der Waals surface area contributed by atoms with E-state index in [1.165, 1.54) is 0 Å². The van der Waals surface area contributed by atoms with Crippen molar-refractivity contribution in [1.82, 2.24) is 4.90 Å². The number of methoxy groups -OCH3 is 1. The molecule has 0 aromatic heterocycles. The molecule has 1 N–H and O–H groups in total. The summed E-state index contributed by atoms with van der Waals surface area (Å²) in [6.07, 6.45) is -0.449. The van der Waals surface area contributed by atoms with Crippen molar-refractivity contribution < 1.29 is 19.4 Å². The molecule has 1 aromatic carbocycles. The Balaban J connectivity index is 2.13. The van der Waals surface area contributed by atoms with E-state index in [1.54, 1.807) is 12.0 Å². The zero-order valence-corrected chi connectivity index (χ0v) is 13.7. The SMILES string of the molecule is CO[C@H]1CN(C(=O)OC(C)(C)C)CC[C@]1(O)c1ccccc1. The Morgan fingerprint density at radius 3 is 2.50 bits per heavy atom. The molecule has 0 unspecified atom stereocenters. The van der Waals surface area contributed by atoms with Gasteiger partial charge in [0.2, 0.25) is 0 Å². The summed E-state index contributed by atoms with van der Waals surface area (Å²) in [5.74, 6) is 0. The van der Waals surface area contributed by atoms with Crippen molar-refractivity contribution >= 4 is 6.09 Å². The lowest BCUT2D eigenvalue weighted by Crippen LogP contribution is -2.56. The van der Waals surface area contributed by atoms with E-state index in [9.17, 15) is 9.90 Å². The molecular weight excluding hydrogens is 282 g/mol. The van der Waals surface area contributed by atoms with Gasteiger partial charge in [0.25, 0.3) is 0 Å². The van der Waals surface area contributed by atoms with Crippen LogP contribution in [0, 0.1) is 0 Å². The third-order valence-corrected chi connectivity index (χ3v) is 3.89. The molecule has 1 aromatic rings. The van der Waals surface area contributed by atoms with Crippen molar-refractivity contribution in [2.75, 3.05) is 20.2 Å². The highest BCUT2D eigenvalue weighted by Crippen LogP contribution is 2.35. The van der Waals surface area contributed by atoms with Crippen LogP contribution in [-0.4, -0.2) is 48.0 Å². The van der Waals surface area contributed by atoms with Crippen LogP contribution in [0.5, 0.6) is 0 Å². The van der Waals surface area contributed by atoms with E-state index >= 15 is 0 Å². The molecule has 0 bridgehead atoms. The van der Waals surface area contributed by atoms with Crippen LogP contribution in [0.1, 0.15) is 32.8 Å². The quantitative estimate of drug-likeness (QED) is 0.912. The molecule has 1 aliphatic rings. The molecule has 1 fully saturated rings. The van der Waals surface area contributed by atoms with Crippen LogP contribution < -0.4 is 0 Å². The highest BCUT2D eigenvalue weighted by Gasteiger charge is 2.45. The van der Waals surface area contributed by atoms with E-state index in [-0.39, 0.29) is 6.09 Å². The van der Waals surface area contributed by atoms with Crippen LogP contribution in [0.3, 0.4) is 0 Å². The van der Waals surface area contributed by atoms with E-state index in [2.05, 4.69) is 0 Å². The molecule has 0 saturated carbocycles. The van der Waals surface area contributed by atoms with Gasteiger partial charge in [0.05, 0.1) is 6.54 Å². The minimum absolute atomic E-state index is 0.302. The number of ether oxygens (including phenoxy) is 2. The van der Waals surface area contributed by atoms with Gasteiger partial charge >= 0.3 is 6.09 Å². The lowest BCUT2D eigenvalue weighted by atomic mass is 9.82. The summed E-state index contributed by atoms with van der Waals surface area (Å²) >= 11 is 0. The number of hydrogen-bond acceptors (Lipinski definition) is 4. The number of piperidine rings is 1. The smallest absolute Gasteiger partial charge is 0.410 e. The molecule has 0 radical (unpaired) electrons. The number of carbonyl (C=O) groups excluding carboxylic acids is 1. The Labute approximate surface area is 131 Å². The van der Waals surface area contributed by atoms with Crippen molar-refractivity contribution in [3.8, 4) is 0 Å². The third-order valence-electron chi connectivity index (χ3n) is 3.89. The first-order valence-corrected chi connectivity index (χ1v) is 7.55. The van der Waals surface area contributed by atoms with Gasteiger partial charge in [-0.1, -0.05) is 30.3 Å². The average Bonchev–Trinajstić information content (AvgIpc) is 2.46. The Hall–Kier alpha value is -1.59. The van der Waals surface area contributed by atoms with Gasteiger partial charge in [0.1, 0.15) is 17.3 Å². The second-order valence-electron chi connectivity index (χ2n) is 6.69. The zero-order chi connectivity index (χ0) is 16.4. The average molecular weight is 307 g/mol. The van der Waals surface area contributed by atoms with Gasteiger partial charge in [0.15, 0.2) is 0 Å².